The van der Waals surface area contributed by atoms with Gasteiger partial charge in [0.1, 0.15) is 6.10 Å². The fourth-order valence-corrected chi connectivity index (χ4v) is 3.45. The standard InChI is InChI=1S/C19H23N5O2/c1-12(2)24-11-13(14-6-3-4-7-15(14)24)10-17(25)20-19-21-18(22-23-19)16-8-5-9-26-16/h3-4,6-7,11-12,16H,5,8-10H2,1-2H3,(H2,20,21,22,23,25)/t16-/m1/s1. The molecular formula is C19H23N5O2. The largest absolute Gasteiger partial charge is 0.370 e. The van der Waals surface area contributed by atoms with E-state index in [1.54, 1.807) is 0 Å². The summed E-state index contributed by atoms with van der Waals surface area (Å²) in [6, 6.07) is 8.49. The molecule has 1 aliphatic heterocycles. The smallest absolute Gasteiger partial charge is 0.248 e. The first-order chi connectivity index (χ1) is 12.6. The molecule has 1 amide bonds. The number of nitrogens with zero attached hydrogens (tertiary/aromatic N) is 3. The van der Waals surface area contributed by atoms with Crippen molar-refractivity contribution in [2.24, 2.45) is 0 Å². The molecule has 7 heteroatoms. The molecule has 0 aliphatic carbocycles. The van der Waals surface area contributed by atoms with Gasteiger partial charge >= 0.3 is 0 Å². The van der Waals surface area contributed by atoms with Crippen LogP contribution < -0.4 is 5.32 Å². The molecule has 1 atom stereocenters. The molecule has 136 valence electrons. The number of hydrogen-bond donors (Lipinski definition) is 2. The van der Waals surface area contributed by atoms with Gasteiger partial charge in [-0.1, -0.05) is 18.2 Å². The molecule has 1 aliphatic rings. The van der Waals surface area contributed by atoms with Crippen molar-refractivity contribution in [2.75, 3.05) is 11.9 Å². The predicted molar refractivity (Wildman–Crippen MR) is 99.0 cm³/mol. The number of anilines is 1. The van der Waals surface area contributed by atoms with E-state index in [4.69, 9.17) is 4.74 Å². The Morgan fingerprint density at radius 2 is 2.27 bits per heavy atom. The average Bonchev–Trinajstić information content (AvgIpc) is 3.34. The molecule has 1 aromatic carbocycles. The first-order valence-electron chi connectivity index (χ1n) is 9.04. The molecule has 2 aromatic heterocycles. The van der Waals surface area contributed by atoms with Gasteiger partial charge in [0.15, 0.2) is 5.82 Å². The van der Waals surface area contributed by atoms with Gasteiger partial charge in [-0.15, -0.1) is 5.10 Å². The van der Waals surface area contributed by atoms with Crippen LogP contribution in [0.3, 0.4) is 0 Å². The van der Waals surface area contributed by atoms with Crippen LogP contribution in [0.15, 0.2) is 30.5 Å². The topological polar surface area (TPSA) is 84.8 Å². The number of nitrogens with one attached hydrogen (secondary N) is 2. The second-order valence-corrected chi connectivity index (χ2v) is 6.94. The van der Waals surface area contributed by atoms with Gasteiger partial charge < -0.3 is 9.30 Å². The number of amides is 1. The zero-order valence-electron chi connectivity index (χ0n) is 15.0. The summed E-state index contributed by atoms with van der Waals surface area (Å²) in [5.74, 6) is 0.844. The predicted octanol–water partition coefficient (Wildman–Crippen LogP) is 3.37. The Morgan fingerprint density at radius 1 is 1.42 bits per heavy atom. The maximum Gasteiger partial charge on any atom is 0.248 e. The van der Waals surface area contributed by atoms with Crippen molar-refractivity contribution >= 4 is 22.8 Å². The minimum Gasteiger partial charge on any atom is -0.370 e. The van der Waals surface area contributed by atoms with Crippen LogP contribution in [0.2, 0.25) is 0 Å². The van der Waals surface area contributed by atoms with Crippen LogP contribution >= 0.6 is 0 Å². The van der Waals surface area contributed by atoms with Crippen LogP contribution in [0, 0.1) is 0 Å². The number of fused-ring (bicyclic) bond motifs is 1. The van der Waals surface area contributed by atoms with Crippen LogP contribution in [0.4, 0.5) is 5.95 Å². The number of aromatic amines is 1. The fraction of sp³-hybridized carbons (Fsp3) is 0.421. The lowest BCUT2D eigenvalue weighted by Gasteiger charge is -2.08. The molecule has 0 bridgehead atoms. The van der Waals surface area contributed by atoms with E-state index < -0.39 is 0 Å². The summed E-state index contributed by atoms with van der Waals surface area (Å²) in [5.41, 5.74) is 2.14. The van der Waals surface area contributed by atoms with Gasteiger partial charge in [0.05, 0.1) is 6.42 Å². The maximum atomic E-state index is 12.5. The van der Waals surface area contributed by atoms with Gasteiger partial charge in [-0.25, -0.2) is 0 Å². The molecule has 1 fully saturated rings. The Balaban J connectivity index is 1.49. The Bertz CT molecular complexity index is 921. The summed E-state index contributed by atoms with van der Waals surface area (Å²) in [7, 11) is 0. The van der Waals surface area contributed by atoms with Gasteiger partial charge in [-0.05, 0) is 38.3 Å². The molecule has 0 unspecified atom stereocenters. The Kier molecular flexibility index (Phi) is 4.46. The minimum absolute atomic E-state index is 0.0443. The number of carbonyl (C=O) groups excluding carboxylic acids is 1. The normalized spacial score (nSPS) is 17.3. The van der Waals surface area contributed by atoms with Crippen LogP contribution in [0.25, 0.3) is 10.9 Å². The maximum absolute atomic E-state index is 12.5. The van der Waals surface area contributed by atoms with E-state index in [2.05, 4.69) is 57.2 Å². The summed E-state index contributed by atoms with van der Waals surface area (Å²) in [4.78, 5) is 16.8. The van der Waals surface area contributed by atoms with Crippen molar-refractivity contribution < 1.29 is 9.53 Å². The first-order valence-corrected chi connectivity index (χ1v) is 9.04. The van der Waals surface area contributed by atoms with Gasteiger partial charge in [0.25, 0.3) is 0 Å². The highest BCUT2D eigenvalue weighted by molar-refractivity contribution is 5.95. The molecule has 7 nitrogen and oxygen atoms in total. The van der Waals surface area contributed by atoms with E-state index >= 15 is 0 Å². The van der Waals surface area contributed by atoms with E-state index in [0.29, 0.717) is 17.8 Å². The quantitative estimate of drug-likeness (QED) is 0.736. The van der Waals surface area contributed by atoms with Gasteiger partial charge in [0, 0.05) is 29.7 Å². The number of H-pyrrole nitrogens is 1. The number of para-hydroxylation sites is 1. The van der Waals surface area contributed by atoms with E-state index in [-0.39, 0.29) is 18.4 Å². The Labute approximate surface area is 151 Å². The zero-order chi connectivity index (χ0) is 18.1. The first kappa shape index (κ1) is 16.8. The van der Waals surface area contributed by atoms with E-state index in [0.717, 1.165) is 35.9 Å². The summed E-state index contributed by atoms with van der Waals surface area (Å²) in [6.45, 7) is 5.01. The molecule has 26 heavy (non-hydrogen) atoms. The van der Waals surface area contributed by atoms with Gasteiger partial charge in [-0.2, -0.15) is 4.98 Å². The summed E-state index contributed by atoms with van der Waals surface area (Å²) in [5, 5.41) is 10.8. The lowest BCUT2D eigenvalue weighted by Crippen LogP contribution is -2.15. The average molecular weight is 353 g/mol. The fourth-order valence-electron chi connectivity index (χ4n) is 3.45. The summed E-state index contributed by atoms with van der Waals surface area (Å²) in [6.07, 6.45) is 4.25. The number of carbonyl (C=O) groups is 1. The third kappa shape index (κ3) is 3.22. The molecule has 2 N–H and O–H groups in total. The molecule has 1 saturated heterocycles. The Morgan fingerprint density at radius 3 is 3.04 bits per heavy atom. The van der Waals surface area contributed by atoms with Crippen molar-refractivity contribution in [3.05, 3.63) is 41.9 Å². The lowest BCUT2D eigenvalue weighted by atomic mass is 10.1. The molecule has 0 saturated carbocycles. The SMILES string of the molecule is CC(C)n1cc(CC(=O)Nc2n[nH]c([C@H]3CCCO3)n2)c2ccccc21. The Hall–Kier alpha value is -2.67. The van der Waals surface area contributed by atoms with Gasteiger partial charge in [0.2, 0.25) is 11.9 Å². The highest BCUT2D eigenvalue weighted by Crippen LogP contribution is 2.27. The van der Waals surface area contributed by atoms with Gasteiger partial charge in [-0.3, -0.25) is 15.2 Å². The molecular weight excluding hydrogens is 330 g/mol. The van der Waals surface area contributed by atoms with E-state index in [1.807, 2.05) is 12.1 Å². The molecule has 3 heterocycles. The van der Waals surface area contributed by atoms with E-state index in [9.17, 15) is 4.79 Å². The van der Waals surface area contributed by atoms with Crippen molar-refractivity contribution in [3.63, 3.8) is 0 Å². The third-order valence-corrected chi connectivity index (χ3v) is 4.72. The van der Waals surface area contributed by atoms with Crippen LogP contribution in [0.1, 0.15) is 50.2 Å². The zero-order valence-corrected chi connectivity index (χ0v) is 15.0. The molecule has 0 spiro atoms. The van der Waals surface area contributed by atoms with Crippen molar-refractivity contribution in [1.29, 1.82) is 0 Å². The minimum atomic E-state index is -0.130. The second-order valence-electron chi connectivity index (χ2n) is 6.94. The molecule has 4 rings (SSSR count). The lowest BCUT2D eigenvalue weighted by molar-refractivity contribution is -0.115. The third-order valence-electron chi connectivity index (χ3n) is 4.72. The van der Waals surface area contributed by atoms with E-state index in [1.165, 1.54) is 0 Å². The second kappa shape index (κ2) is 6.92. The number of benzene rings is 1. The monoisotopic (exact) mass is 353 g/mol. The van der Waals surface area contributed by atoms with Crippen LogP contribution in [0.5, 0.6) is 0 Å². The molecule has 3 aromatic rings. The summed E-state index contributed by atoms with van der Waals surface area (Å²) >= 11 is 0. The number of aromatic nitrogens is 4. The summed E-state index contributed by atoms with van der Waals surface area (Å²) < 4.78 is 7.77. The van der Waals surface area contributed by atoms with Crippen LogP contribution in [-0.4, -0.2) is 32.3 Å². The number of rotatable bonds is 5. The number of hydrogen-bond acceptors (Lipinski definition) is 4. The van der Waals surface area contributed by atoms with Crippen molar-refractivity contribution in [2.45, 2.75) is 45.3 Å². The highest BCUT2D eigenvalue weighted by atomic mass is 16.5. The highest BCUT2D eigenvalue weighted by Gasteiger charge is 2.22. The number of ether oxygens (including phenoxy) is 1. The molecule has 0 radical (unpaired) electrons. The van der Waals surface area contributed by atoms with Crippen molar-refractivity contribution in [1.82, 2.24) is 19.7 Å². The van der Waals surface area contributed by atoms with Crippen molar-refractivity contribution in [3.8, 4) is 0 Å². The van der Waals surface area contributed by atoms with Crippen LogP contribution in [-0.2, 0) is 16.0 Å².